The number of anilines is 1. The molecule has 7 heteroatoms. The molecule has 2 aromatic rings. The standard InChI is InChI=1S/C18H22N2O5/c1-5-15-16(11(3)25-20-15)18(22)24-12(4)17(21)19-13-7-9-14(10-8-13)23-6-2/h7-10,12H,5-6H2,1-4H3,(H,19,21)/t12-/m0/s1. The monoisotopic (exact) mass is 346 g/mol. The van der Waals surface area contributed by atoms with Crippen LogP contribution in [0.4, 0.5) is 5.69 Å². The molecule has 0 radical (unpaired) electrons. The van der Waals surface area contributed by atoms with Crippen LogP contribution in [-0.4, -0.2) is 29.7 Å². The molecule has 0 bridgehead atoms. The fraction of sp³-hybridized carbons (Fsp3) is 0.389. The molecule has 7 nitrogen and oxygen atoms in total. The van der Waals surface area contributed by atoms with Gasteiger partial charge in [-0.15, -0.1) is 0 Å². The highest BCUT2D eigenvalue weighted by atomic mass is 16.5. The highest BCUT2D eigenvalue weighted by Crippen LogP contribution is 2.18. The lowest BCUT2D eigenvalue weighted by Gasteiger charge is -2.14. The summed E-state index contributed by atoms with van der Waals surface area (Å²) in [5, 5.41) is 6.50. The van der Waals surface area contributed by atoms with Gasteiger partial charge in [-0.05, 0) is 51.5 Å². The number of carbonyl (C=O) groups is 2. The number of esters is 1. The van der Waals surface area contributed by atoms with Crippen LogP contribution in [0, 0.1) is 6.92 Å². The van der Waals surface area contributed by atoms with Crippen molar-refractivity contribution in [2.24, 2.45) is 0 Å². The highest BCUT2D eigenvalue weighted by molar-refractivity contribution is 5.98. The Kier molecular flexibility index (Phi) is 6.16. The van der Waals surface area contributed by atoms with Gasteiger partial charge in [0.05, 0.1) is 12.3 Å². The summed E-state index contributed by atoms with van der Waals surface area (Å²) in [6, 6.07) is 6.95. The minimum Gasteiger partial charge on any atom is -0.494 e. The summed E-state index contributed by atoms with van der Waals surface area (Å²) >= 11 is 0. The SMILES string of the molecule is CCOc1ccc(NC(=O)[C@H](C)OC(=O)c2c(CC)noc2C)cc1. The highest BCUT2D eigenvalue weighted by Gasteiger charge is 2.25. The van der Waals surface area contributed by atoms with Gasteiger partial charge < -0.3 is 19.3 Å². The molecule has 0 unspecified atom stereocenters. The zero-order chi connectivity index (χ0) is 18.4. The van der Waals surface area contributed by atoms with Gasteiger partial charge in [0, 0.05) is 5.69 Å². The Labute approximate surface area is 146 Å². The van der Waals surface area contributed by atoms with Gasteiger partial charge in [-0.3, -0.25) is 4.79 Å². The van der Waals surface area contributed by atoms with Crippen LogP contribution in [0.5, 0.6) is 5.75 Å². The molecule has 0 saturated carbocycles. The van der Waals surface area contributed by atoms with E-state index in [0.29, 0.717) is 30.2 Å². The summed E-state index contributed by atoms with van der Waals surface area (Å²) in [7, 11) is 0. The second-order valence-corrected chi connectivity index (χ2v) is 5.41. The number of aromatic nitrogens is 1. The number of ether oxygens (including phenoxy) is 2. The van der Waals surface area contributed by atoms with Gasteiger partial charge >= 0.3 is 5.97 Å². The van der Waals surface area contributed by atoms with Gasteiger partial charge in [-0.25, -0.2) is 4.79 Å². The second-order valence-electron chi connectivity index (χ2n) is 5.41. The van der Waals surface area contributed by atoms with Gasteiger partial charge in [0.15, 0.2) is 6.10 Å². The molecule has 1 atom stereocenters. The molecule has 134 valence electrons. The van der Waals surface area contributed by atoms with Crippen molar-refractivity contribution in [1.82, 2.24) is 5.16 Å². The number of nitrogens with zero attached hydrogens (tertiary/aromatic N) is 1. The maximum absolute atomic E-state index is 12.3. The van der Waals surface area contributed by atoms with Crippen molar-refractivity contribution in [3.05, 3.63) is 41.3 Å². The normalized spacial score (nSPS) is 11.7. The lowest BCUT2D eigenvalue weighted by Crippen LogP contribution is -2.30. The van der Waals surface area contributed by atoms with Crippen molar-refractivity contribution >= 4 is 17.6 Å². The van der Waals surface area contributed by atoms with E-state index in [9.17, 15) is 9.59 Å². The van der Waals surface area contributed by atoms with E-state index in [4.69, 9.17) is 14.0 Å². The lowest BCUT2D eigenvalue weighted by atomic mass is 10.1. The fourth-order valence-electron chi connectivity index (χ4n) is 2.24. The maximum Gasteiger partial charge on any atom is 0.344 e. The molecule has 0 saturated heterocycles. The average molecular weight is 346 g/mol. The van der Waals surface area contributed by atoms with E-state index >= 15 is 0 Å². The summed E-state index contributed by atoms with van der Waals surface area (Å²) in [5.74, 6) is 0.0468. The molecule has 0 aliphatic carbocycles. The minimum atomic E-state index is -0.960. The van der Waals surface area contributed by atoms with E-state index in [0.717, 1.165) is 5.75 Å². The van der Waals surface area contributed by atoms with Crippen LogP contribution < -0.4 is 10.1 Å². The molecular formula is C18H22N2O5. The third kappa shape index (κ3) is 4.59. The summed E-state index contributed by atoms with van der Waals surface area (Å²) in [5.41, 5.74) is 1.39. The predicted molar refractivity (Wildman–Crippen MR) is 91.7 cm³/mol. The summed E-state index contributed by atoms with van der Waals surface area (Å²) in [6.07, 6.45) is -0.424. The number of hydrogen-bond acceptors (Lipinski definition) is 6. The molecular weight excluding hydrogens is 324 g/mol. The molecule has 1 amide bonds. The van der Waals surface area contributed by atoms with Crippen molar-refractivity contribution < 1.29 is 23.6 Å². The van der Waals surface area contributed by atoms with Crippen LogP contribution >= 0.6 is 0 Å². The Balaban J connectivity index is 1.97. The number of hydrogen-bond donors (Lipinski definition) is 1. The largest absolute Gasteiger partial charge is 0.494 e. The van der Waals surface area contributed by atoms with Gasteiger partial charge in [-0.2, -0.15) is 0 Å². The zero-order valence-corrected chi connectivity index (χ0v) is 14.8. The summed E-state index contributed by atoms with van der Waals surface area (Å²) in [6.45, 7) is 7.47. The first-order valence-corrected chi connectivity index (χ1v) is 8.16. The van der Waals surface area contributed by atoms with E-state index in [1.165, 1.54) is 6.92 Å². The molecule has 1 N–H and O–H groups in total. The Morgan fingerprint density at radius 3 is 2.52 bits per heavy atom. The van der Waals surface area contributed by atoms with Crippen LogP contribution in [0.15, 0.2) is 28.8 Å². The third-order valence-electron chi connectivity index (χ3n) is 3.56. The van der Waals surface area contributed by atoms with Crippen molar-refractivity contribution in [2.45, 2.75) is 40.2 Å². The Hall–Kier alpha value is -2.83. The van der Waals surface area contributed by atoms with Gasteiger partial charge in [0.25, 0.3) is 5.91 Å². The number of nitrogens with one attached hydrogen (secondary N) is 1. The smallest absolute Gasteiger partial charge is 0.344 e. The Morgan fingerprint density at radius 1 is 1.24 bits per heavy atom. The van der Waals surface area contributed by atoms with Crippen molar-refractivity contribution in [2.75, 3.05) is 11.9 Å². The molecule has 0 aliphatic heterocycles. The van der Waals surface area contributed by atoms with E-state index in [2.05, 4.69) is 10.5 Å². The number of benzene rings is 1. The van der Waals surface area contributed by atoms with E-state index < -0.39 is 18.0 Å². The van der Waals surface area contributed by atoms with Crippen LogP contribution in [0.2, 0.25) is 0 Å². The van der Waals surface area contributed by atoms with Crippen LogP contribution in [-0.2, 0) is 16.0 Å². The molecule has 25 heavy (non-hydrogen) atoms. The molecule has 0 fully saturated rings. The molecule has 1 aromatic heterocycles. The number of amides is 1. The summed E-state index contributed by atoms with van der Waals surface area (Å²) in [4.78, 5) is 24.5. The van der Waals surface area contributed by atoms with E-state index in [1.807, 2.05) is 13.8 Å². The Bertz CT molecular complexity index is 736. The van der Waals surface area contributed by atoms with Crippen molar-refractivity contribution in [1.29, 1.82) is 0 Å². The van der Waals surface area contributed by atoms with Gasteiger partial charge in [0.1, 0.15) is 17.1 Å². The minimum absolute atomic E-state index is 0.281. The average Bonchev–Trinajstić information content (AvgIpc) is 2.97. The van der Waals surface area contributed by atoms with Crippen LogP contribution in [0.1, 0.15) is 42.6 Å². The molecule has 1 heterocycles. The number of rotatable bonds is 7. The number of carbonyl (C=O) groups excluding carboxylic acids is 2. The van der Waals surface area contributed by atoms with Crippen LogP contribution in [0.25, 0.3) is 0 Å². The summed E-state index contributed by atoms with van der Waals surface area (Å²) < 4.78 is 15.6. The van der Waals surface area contributed by atoms with Crippen LogP contribution in [0.3, 0.4) is 0 Å². The lowest BCUT2D eigenvalue weighted by molar-refractivity contribution is -0.123. The van der Waals surface area contributed by atoms with Gasteiger partial charge in [-0.1, -0.05) is 12.1 Å². The number of aryl methyl sites for hydroxylation is 2. The molecule has 0 spiro atoms. The first kappa shape index (κ1) is 18.5. The topological polar surface area (TPSA) is 90.7 Å². The van der Waals surface area contributed by atoms with Gasteiger partial charge in [0.2, 0.25) is 0 Å². The molecule has 0 aliphatic rings. The molecule has 1 aromatic carbocycles. The first-order valence-electron chi connectivity index (χ1n) is 8.16. The third-order valence-corrected chi connectivity index (χ3v) is 3.56. The quantitative estimate of drug-likeness (QED) is 0.775. The Morgan fingerprint density at radius 2 is 1.92 bits per heavy atom. The fourth-order valence-corrected chi connectivity index (χ4v) is 2.24. The maximum atomic E-state index is 12.3. The van der Waals surface area contributed by atoms with E-state index in [1.54, 1.807) is 31.2 Å². The van der Waals surface area contributed by atoms with E-state index in [-0.39, 0.29) is 5.56 Å². The second kappa shape index (κ2) is 8.32. The van der Waals surface area contributed by atoms with Crippen molar-refractivity contribution in [3.63, 3.8) is 0 Å². The predicted octanol–water partition coefficient (Wildman–Crippen LogP) is 3.13. The zero-order valence-electron chi connectivity index (χ0n) is 14.8. The first-order chi connectivity index (χ1) is 12.0. The molecule has 2 rings (SSSR count). The van der Waals surface area contributed by atoms with Crippen molar-refractivity contribution in [3.8, 4) is 5.75 Å².